The summed E-state index contributed by atoms with van der Waals surface area (Å²) in [5.41, 5.74) is 3.28. The van der Waals surface area contributed by atoms with E-state index in [0.29, 0.717) is 11.5 Å². The molecule has 0 unspecified atom stereocenters. The molecule has 0 saturated heterocycles. The molecule has 34 heavy (non-hydrogen) atoms. The van der Waals surface area contributed by atoms with Crippen molar-refractivity contribution in [3.63, 3.8) is 0 Å². The number of carbonyl (C=O) groups is 1. The summed E-state index contributed by atoms with van der Waals surface area (Å²) in [6.45, 7) is -0.528. The summed E-state index contributed by atoms with van der Waals surface area (Å²) in [6.07, 6.45) is 1.45. The number of carbonyl (C=O) groups excluding carboxylic acids is 1. The van der Waals surface area contributed by atoms with Crippen LogP contribution in [0.3, 0.4) is 0 Å². The van der Waals surface area contributed by atoms with Crippen LogP contribution in [-0.2, 0) is 14.8 Å². The Balaban J connectivity index is 1.88. The fraction of sp³-hybridized carbons (Fsp3) is 0.167. The highest BCUT2D eigenvalue weighted by atomic mass is 32.2. The number of methoxy groups -OCH3 is 3. The van der Waals surface area contributed by atoms with Gasteiger partial charge in [0.15, 0.2) is 0 Å². The van der Waals surface area contributed by atoms with E-state index >= 15 is 0 Å². The molecule has 0 aliphatic heterocycles. The maximum absolute atomic E-state index is 13.5. The molecular weight excluding hydrogens is 458 g/mol. The quantitative estimate of drug-likeness (QED) is 0.351. The largest absolute Gasteiger partial charge is 0.497 e. The van der Waals surface area contributed by atoms with Crippen LogP contribution < -0.4 is 23.9 Å². The Bertz CT molecular complexity index is 1250. The maximum Gasteiger partial charge on any atom is 0.264 e. The normalized spacial score (nSPS) is 11.1. The van der Waals surface area contributed by atoms with Crippen LogP contribution in [0.15, 0.2) is 82.8 Å². The molecule has 9 nitrogen and oxygen atoms in total. The number of amides is 1. The lowest BCUT2D eigenvalue weighted by molar-refractivity contribution is -0.119. The van der Waals surface area contributed by atoms with Gasteiger partial charge in [0.2, 0.25) is 0 Å². The molecule has 0 aromatic heterocycles. The number of hydrogen-bond acceptors (Lipinski definition) is 7. The Morgan fingerprint density at radius 2 is 1.56 bits per heavy atom. The molecule has 1 amide bonds. The number of hydrogen-bond donors (Lipinski definition) is 1. The van der Waals surface area contributed by atoms with Gasteiger partial charge in [-0.25, -0.2) is 13.8 Å². The number of nitrogens with zero attached hydrogens (tertiary/aromatic N) is 2. The van der Waals surface area contributed by atoms with Crippen molar-refractivity contribution >= 4 is 27.8 Å². The first-order chi connectivity index (χ1) is 16.4. The summed E-state index contributed by atoms with van der Waals surface area (Å²) < 4.78 is 43.6. The van der Waals surface area contributed by atoms with Crippen molar-refractivity contribution in [1.29, 1.82) is 0 Å². The minimum absolute atomic E-state index is 0.0300. The third kappa shape index (κ3) is 5.84. The van der Waals surface area contributed by atoms with Gasteiger partial charge < -0.3 is 14.2 Å². The van der Waals surface area contributed by atoms with Gasteiger partial charge in [-0.3, -0.25) is 9.10 Å². The van der Waals surface area contributed by atoms with E-state index in [1.807, 2.05) is 0 Å². The lowest BCUT2D eigenvalue weighted by Gasteiger charge is -2.25. The van der Waals surface area contributed by atoms with Crippen LogP contribution in [-0.4, -0.2) is 48.4 Å². The smallest absolute Gasteiger partial charge is 0.264 e. The Hall–Kier alpha value is -4.05. The van der Waals surface area contributed by atoms with Crippen molar-refractivity contribution in [2.45, 2.75) is 4.90 Å². The maximum atomic E-state index is 13.5. The molecular formula is C24H25N3O6S. The molecule has 3 rings (SSSR count). The Labute approximate surface area is 198 Å². The lowest BCUT2D eigenvalue weighted by Crippen LogP contribution is -2.39. The summed E-state index contributed by atoms with van der Waals surface area (Å²) in [7, 11) is 0.360. The van der Waals surface area contributed by atoms with E-state index in [-0.39, 0.29) is 16.3 Å². The van der Waals surface area contributed by atoms with E-state index in [0.717, 1.165) is 9.87 Å². The number of benzene rings is 3. The van der Waals surface area contributed by atoms with Crippen molar-refractivity contribution in [3.05, 3.63) is 78.4 Å². The number of rotatable bonds is 10. The van der Waals surface area contributed by atoms with Gasteiger partial charge in [-0.15, -0.1) is 0 Å². The van der Waals surface area contributed by atoms with Gasteiger partial charge in [-0.05, 0) is 54.1 Å². The number of anilines is 1. The Kier molecular flexibility index (Phi) is 8.10. The molecule has 10 heteroatoms. The molecule has 0 atom stereocenters. The minimum atomic E-state index is -4.10. The number of hydrazone groups is 1. The zero-order valence-corrected chi connectivity index (χ0v) is 19.8. The summed E-state index contributed by atoms with van der Waals surface area (Å²) in [5, 5.41) is 3.93. The molecule has 0 fully saturated rings. The number of ether oxygens (including phenoxy) is 3. The highest BCUT2D eigenvalue weighted by molar-refractivity contribution is 7.92. The molecule has 0 heterocycles. The van der Waals surface area contributed by atoms with Gasteiger partial charge in [0.1, 0.15) is 23.8 Å². The second-order valence-electron chi connectivity index (χ2n) is 6.93. The predicted molar refractivity (Wildman–Crippen MR) is 129 cm³/mol. The SMILES string of the molecule is COc1ccc(/C=N\NC(=O)CN(c2ccc(OC)cc2OC)S(=O)(=O)c2ccccc2)cc1. The fourth-order valence-corrected chi connectivity index (χ4v) is 4.50. The van der Waals surface area contributed by atoms with Gasteiger partial charge in [-0.1, -0.05) is 18.2 Å². The van der Waals surface area contributed by atoms with Crippen LogP contribution >= 0.6 is 0 Å². The molecule has 3 aromatic rings. The average Bonchev–Trinajstić information content (AvgIpc) is 2.87. The number of nitrogens with one attached hydrogen (secondary N) is 1. The molecule has 0 bridgehead atoms. The van der Waals surface area contributed by atoms with Gasteiger partial charge >= 0.3 is 0 Å². The Morgan fingerprint density at radius 3 is 2.18 bits per heavy atom. The predicted octanol–water partition coefficient (Wildman–Crippen LogP) is 3.06. The Morgan fingerprint density at radius 1 is 0.912 bits per heavy atom. The second-order valence-corrected chi connectivity index (χ2v) is 8.79. The highest BCUT2D eigenvalue weighted by Gasteiger charge is 2.29. The average molecular weight is 484 g/mol. The van der Waals surface area contributed by atoms with Crippen LogP contribution in [0.4, 0.5) is 5.69 Å². The number of sulfonamides is 1. The fourth-order valence-electron chi connectivity index (χ4n) is 3.04. The van der Waals surface area contributed by atoms with Crippen molar-refractivity contribution in [2.75, 3.05) is 32.2 Å². The van der Waals surface area contributed by atoms with Gasteiger partial charge in [0.25, 0.3) is 15.9 Å². The standard InChI is InChI=1S/C24H25N3O6S/c1-31-19-11-9-18(10-12-19)16-25-26-24(28)17-27(34(29,30)21-7-5-4-6-8-21)22-14-13-20(32-2)15-23(22)33-3/h4-16H,17H2,1-3H3,(H,26,28)/b25-16-. The summed E-state index contributed by atoms with van der Waals surface area (Å²) >= 11 is 0. The molecule has 1 N–H and O–H groups in total. The van der Waals surface area contributed by atoms with E-state index in [9.17, 15) is 13.2 Å². The van der Waals surface area contributed by atoms with E-state index in [1.165, 1.54) is 38.6 Å². The molecule has 0 saturated carbocycles. The van der Waals surface area contributed by atoms with Crippen LogP contribution in [0.1, 0.15) is 5.56 Å². The van der Waals surface area contributed by atoms with Crippen molar-refractivity contribution < 1.29 is 27.4 Å². The third-order valence-electron chi connectivity index (χ3n) is 4.79. The van der Waals surface area contributed by atoms with E-state index in [1.54, 1.807) is 61.7 Å². The molecule has 0 aliphatic carbocycles. The van der Waals surface area contributed by atoms with Gasteiger partial charge in [-0.2, -0.15) is 5.10 Å². The molecule has 178 valence electrons. The summed E-state index contributed by atoms with van der Waals surface area (Å²) in [5.74, 6) is 0.762. The highest BCUT2D eigenvalue weighted by Crippen LogP contribution is 2.35. The van der Waals surface area contributed by atoms with Crippen LogP contribution in [0.5, 0.6) is 17.2 Å². The first-order valence-corrected chi connectivity index (χ1v) is 11.6. The van der Waals surface area contributed by atoms with E-state index < -0.39 is 22.5 Å². The van der Waals surface area contributed by atoms with Crippen LogP contribution in [0, 0.1) is 0 Å². The lowest BCUT2D eigenvalue weighted by atomic mass is 10.2. The van der Waals surface area contributed by atoms with Crippen LogP contribution in [0.25, 0.3) is 0 Å². The third-order valence-corrected chi connectivity index (χ3v) is 6.57. The van der Waals surface area contributed by atoms with E-state index in [4.69, 9.17) is 14.2 Å². The molecule has 0 radical (unpaired) electrons. The summed E-state index contributed by atoms with van der Waals surface area (Å²) in [4.78, 5) is 12.7. The first-order valence-electron chi connectivity index (χ1n) is 10.1. The molecule has 0 aliphatic rings. The van der Waals surface area contributed by atoms with E-state index in [2.05, 4.69) is 10.5 Å². The zero-order chi connectivity index (χ0) is 24.6. The molecule has 0 spiro atoms. The van der Waals surface area contributed by atoms with Crippen molar-refractivity contribution in [1.82, 2.24) is 5.43 Å². The second kappa shape index (κ2) is 11.2. The van der Waals surface area contributed by atoms with Crippen molar-refractivity contribution in [2.24, 2.45) is 5.10 Å². The van der Waals surface area contributed by atoms with Crippen LogP contribution in [0.2, 0.25) is 0 Å². The molecule has 3 aromatic carbocycles. The topological polar surface area (TPSA) is 107 Å². The van der Waals surface area contributed by atoms with Gasteiger partial charge in [0.05, 0.1) is 38.1 Å². The van der Waals surface area contributed by atoms with Crippen molar-refractivity contribution in [3.8, 4) is 17.2 Å². The van der Waals surface area contributed by atoms with Gasteiger partial charge in [0, 0.05) is 6.07 Å². The monoisotopic (exact) mass is 483 g/mol. The zero-order valence-electron chi connectivity index (χ0n) is 19.0. The summed E-state index contributed by atoms with van der Waals surface area (Å²) in [6, 6.07) is 19.5. The first kappa shape index (κ1) is 24.6. The minimum Gasteiger partial charge on any atom is -0.497 e.